The number of imide groups is 1. The summed E-state index contributed by atoms with van der Waals surface area (Å²) in [5, 5.41) is 7.35. The quantitative estimate of drug-likeness (QED) is 0.324. The minimum absolute atomic E-state index is 0.417. The maximum absolute atomic E-state index is 12.8. The number of H-pyrrole nitrogens is 1. The Kier molecular flexibility index (Phi) is 6.11. The van der Waals surface area contributed by atoms with Crippen LogP contribution in [0.1, 0.15) is 30.9 Å². The third-order valence-electron chi connectivity index (χ3n) is 5.81. The summed E-state index contributed by atoms with van der Waals surface area (Å²) in [5.41, 5.74) is 4.66. The molecule has 32 heavy (non-hydrogen) atoms. The van der Waals surface area contributed by atoms with Crippen LogP contribution >= 0.6 is 0 Å². The molecule has 0 spiro atoms. The van der Waals surface area contributed by atoms with Crippen LogP contribution in [0.3, 0.4) is 0 Å². The summed E-state index contributed by atoms with van der Waals surface area (Å²) in [4.78, 5) is 40.6. The van der Waals surface area contributed by atoms with Crippen LogP contribution in [0.25, 0.3) is 10.9 Å². The number of aromatic amines is 1. The average molecular weight is 434 g/mol. The lowest BCUT2D eigenvalue weighted by Gasteiger charge is -2.21. The normalized spacial score (nSPS) is 18.1. The van der Waals surface area contributed by atoms with E-state index in [1.165, 1.54) is 10.9 Å². The van der Waals surface area contributed by atoms with Crippen LogP contribution in [0, 0.1) is 0 Å². The molecule has 8 heteroatoms. The fourth-order valence-electron chi connectivity index (χ4n) is 3.95. The van der Waals surface area contributed by atoms with Gasteiger partial charge in [0.15, 0.2) is 0 Å². The number of rotatable bonds is 8. The monoisotopic (exact) mass is 433 g/mol. The Hall–Kier alpha value is -3.81. The minimum atomic E-state index is -1.06. The van der Waals surface area contributed by atoms with Crippen molar-refractivity contribution in [1.29, 1.82) is 0 Å². The highest BCUT2D eigenvalue weighted by Crippen LogP contribution is 2.22. The van der Waals surface area contributed by atoms with Crippen molar-refractivity contribution in [1.82, 2.24) is 26.1 Å². The van der Waals surface area contributed by atoms with E-state index in [4.69, 9.17) is 0 Å². The van der Waals surface area contributed by atoms with Crippen molar-refractivity contribution in [2.45, 2.75) is 38.1 Å². The highest BCUT2D eigenvalue weighted by molar-refractivity contribution is 6.07. The summed E-state index contributed by atoms with van der Waals surface area (Å²) in [6, 6.07) is 16.6. The Morgan fingerprint density at radius 3 is 2.59 bits per heavy atom. The molecule has 4 rings (SSSR count). The van der Waals surface area contributed by atoms with E-state index in [-0.39, 0.29) is 0 Å². The van der Waals surface area contributed by atoms with Gasteiger partial charge in [-0.15, -0.1) is 0 Å². The van der Waals surface area contributed by atoms with Crippen LogP contribution in [0.4, 0.5) is 9.59 Å². The number of hydrazine groups is 1. The Morgan fingerprint density at radius 1 is 1.03 bits per heavy atom. The molecule has 1 unspecified atom stereocenters. The van der Waals surface area contributed by atoms with Crippen molar-refractivity contribution in [3.8, 4) is 0 Å². The van der Waals surface area contributed by atoms with E-state index in [0.29, 0.717) is 19.4 Å². The van der Waals surface area contributed by atoms with Crippen molar-refractivity contribution in [2.24, 2.45) is 0 Å². The molecule has 1 aromatic heterocycles. The molecule has 1 aliphatic rings. The zero-order valence-electron chi connectivity index (χ0n) is 18.0. The van der Waals surface area contributed by atoms with Crippen LogP contribution < -0.4 is 16.1 Å². The number of urea groups is 2. The van der Waals surface area contributed by atoms with Gasteiger partial charge in [0.05, 0.1) is 0 Å². The molecular formula is C24H27N5O3. The Bertz CT molecular complexity index is 1130. The number of aromatic nitrogens is 1. The molecule has 0 aliphatic carbocycles. The number of nitrogens with one attached hydrogen (secondary N) is 4. The first-order chi connectivity index (χ1) is 15.5. The second-order valence-corrected chi connectivity index (χ2v) is 8.22. The molecular weight excluding hydrogens is 406 g/mol. The van der Waals surface area contributed by atoms with Crippen molar-refractivity contribution >= 4 is 28.9 Å². The number of aryl methyl sites for hydroxylation is 2. The highest BCUT2D eigenvalue weighted by atomic mass is 16.2. The topological polar surface area (TPSA) is 106 Å². The van der Waals surface area contributed by atoms with E-state index in [9.17, 15) is 14.4 Å². The summed E-state index contributed by atoms with van der Waals surface area (Å²) < 4.78 is 0. The Morgan fingerprint density at radius 2 is 1.78 bits per heavy atom. The lowest BCUT2D eigenvalue weighted by atomic mass is 9.93. The molecule has 1 atom stereocenters. The molecule has 5 amide bonds. The molecule has 4 N–H and O–H groups in total. The van der Waals surface area contributed by atoms with Gasteiger partial charge in [-0.05, 0) is 49.8 Å². The van der Waals surface area contributed by atoms with Crippen LogP contribution in [-0.2, 0) is 17.6 Å². The van der Waals surface area contributed by atoms with Crippen LogP contribution in [0.5, 0.6) is 0 Å². The summed E-state index contributed by atoms with van der Waals surface area (Å²) in [6.45, 7) is 2.09. The SMILES string of the molecule is CC1(CCc2ccccc2)NC(=O)N(NC(=O)NCCCc2c[nH]c3ccccc23)C1=O. The smallest absolute Gasteiger partial charge is 0.344 e. The number of benzene rings is 2. The maximum Gasteiger partial charge on any atom is 0.344 e. The van der Waals surface area contributed by atoms with Gasteiger partial charge in [-0.25, -0.2) is 15.0 Å². The molecule has 2 heterocycles. The fraction of sp³-hybridized carbons (Fsp3) is 0.292. The lowest BCUT2D eigenvalue weighted by molar-refractivity contribution is -0.132. The second kappa shape index (κ2) is 9.13. The average Bonchev–Trinajstić information content (AvgIpc) is 3.30. The van der Waals surface area contributed by atoms with Gasteiger partial charge in [0.2, 0.25) is 0 Å². The number of carbonyl (C=O) groups is 3. The third-order valence-corrected chi connectivity index (χ3v) is 5.81. The largest absolute Gasteiger partial charge is 0.361 e. The second-order valence-electron chi connectivity index (χ2n) is 8.22. The zero-order chi connectivity index (χ0) is 22.6. The van der Waals surface area contributed by atoms with Crippen molar-refractivity contribution in [2.75, 3.05) is 6.54 Å². The molecule has 2 aromatic carbocycles. The molecule has 0 bridgehead atoms. The highest BCUT2D eigenvalue weighted by Gasteiger charge is 2.48. The molecule has 166 valence electrons. The van der Waals surface area contributed by atoms with E-state index in [0.717, 1.165) is 28.9 Å². The van der Waals surface area contributed by atoms with E-state index >= 15 is 0 Å². The summed E-state index contributed by atoms with van der Waals surface area (Å²) in [5.74, 6) is -0.465. The zero-order valence-corrected chi connectivity index (χ0v) is 18.0. The number of nitrogens with zero attached hydrogens (tertiary/aromatic N) is 1. The van der Waals surface area contributed by atoms with Gasteiger partial charge in [0, 0.05) is 23.6 Å². The molecule has 0 saturated carbocycles. The lowest BCUT2D eigenvalue weighted by Crippen LogP contribution is -2.52. The molecule has 3 aromatic rings. The molecule has 1 aliphatic heterocycles. The Balaban J connectivity index is 1.24. The standard InChI is InChI=1S/C24H27N5O3/c1-24(14-13-17-8-3-2-4-9-17)21(30)29(23(32)27-24)28-22(31)25-15-7-10-18-16-26-20-12-6-5-11-19(18)20/h2-6,8-9,11-12,16,26H,7,10,13-15H2,1H3,(H,27,32)(H2,25,28,31). The first-order valence-electron chi connectivity index (χ1n) is 10.8. The van der Waals surface area contributed by atoms with E-state index in [2.05, 4.69) is 27.1 Å². The molecule has 1 saturated heterocycles. The molecule has 0 radical (unpaired) electrons. The predicted molar refractivity (Wildman–Crippen MR) is 122 cm³/mol. The van der Waals surface area contributed by atoms with Gasteiger partial charge in [-0.1, -0.05) is 48.5 Å². The van der Waals surface area contributed by atoms with Crippen LogP contribution in [0.15, 0.2) is 60.8 Å². The third kappa shape index (κ3) is 4.59. The van der Waals surface area contributed by atoms with Crippen LogP contribution in [-0.4, -0.2) is 40.0 Å². The predicted octanol–water partition coefficient (Wildman–Crippen LogP) is 3.26. The van der Waals surface area contributed by atoms with Crippen molar-refractivity contribution in [3.05, 3.63) is 71.9 Å². The number of amides is 5. The van der Waals surface area contributed by atoms with Gasteiger partial charge >= 0.3 is 12.1 Å². The van der Waals surface area contributed by atoms with Gasteiger partial charge < -0.3 is 15.6 Å². The summed E-state index contributed by atoms with van der Waals surface area (Å²) in [7, 11) is 0. The first kappa shape index (κ1) is 21.4. The van der Waals surface area contributed by atoms with Crippen LogP contribution in [0.2, 0.25) is 0 Å². The van der Waals surface area contributed by atoms with Gasteiger partial charge in [0.25, 0.3) is 5.91 Å². The van der Waals surface area contributed by atoms with E-state index in [1.807, 2.05) is 54.7 Å². The molecule has 1 fully saturated rings. The Labute approximate surface area is 186 Å². The summed E-state index contributed by atoms with van der Waals surface area (Å²) >= 11 is 0. The van der Waals surface area contributed by atoms with Gasteiger partial charge in [-0.2, -0.15) is 5.01 Å². The minimum Gasteiger partial charge on any atom is -0.361 e. The number of carbonyl (C=O) groups excluding carboxylic acids is 3. The number of hydrogen-bond acceptors (Lipinski definition) is 3. The number of hydrogen-bond donors (Lipinski definition) is 4. The maximum atomic E-state index is 12.8. The van der Waals surface area contributed by atoms with Crippen molar-refractivity contribution in [3.63, 3.8) is 0 Å². The van der Waals surface area contributed by atoms with E-state index in [1.54, 1.807) is 6.92 Å². The van der Waals surface area contributed by atoms with Crippen molar-refractivity contribution < 1.29 is 14.4 Å². The van der Waals surface area contributed by atoms with Gasteiger partial charge in [-0.3, -0.25) is 4.79 Å². The summed E-state index contributed by atoms with van der Waals surface area (Å²) in [6.07, 6.45) is 4.58. The molecule has 8 nitrogen and oxygen atoms in total. The number of para-hydroxylation sites is 1. The van der Waals surface area contributed by atoms with Gasteiger partial charge in [0.1, 0.15) is 5.54 Å². The first-order valence-corrected chi connectivity index (χ1v) is 10.8. The fourth-order valence-corrected chi connectivity index (χ4v) is 3.95. The number of fused-ring (bicyclic) bond motifs is 1. The van der Waals surface area contributed by atoms with E-state index < -0.39 is 23.5 Å².